The Morgan fingerprint density at radius 2 is 1.97 bits per heavy atom. The number of hydrogen-bond acceptors (Lipinski definition) is 1. The quantitative estimate of drug-likeness (QED) is 0.460. The minimum atomic E-state index is -2.76. The van der Waals surface area contributed by atoms with Crippen LogP contribution in [0.1, 0.15) is 114 Å². The Balaban J connectivity index is 1.71. The first kappa shape index (κ1) is 15.9. The third-order valence-corrected chi connectivity index (χ3v) is 9.61. The minimum Gasteiger partial charge on any atom is -0.393 e. The monoisotopic (exact) mass is 416 g/mol. The summed E-state index contributed by atoms with van der Waals surface area (Å²) in [5, 5.41) is 11.1. The highest BCUT2D eigenvalue weighted by atomic mass is 16.3. The topological polar surface area (TPSA) is 20.2 Å². The molecule has 0 aromatic heterocycles. The van der Waals surface area contributed by atoms with E-state index in [-0.39, 0.29) is 11.8 Å². The lowest BCUT2D eigenvalue weighted by atomic mass is 9.46. The number of fused-ring (bicyclic) bond motifs is 4. The van der Waals surface area contributed by atoms with Gasteiger partial charge in [0.05, 0.1) is 6.10 Å². The molecule has 0 heterocycles. The van der Waals surface area contributed by atoms with E-state index < -0.39 is 36.6 Å². The van der Waals surface area contributed by atoms with Gasteiger partial charge in [-0.3, -0.25) is 0 Å². The van der Waals surface area contributed by atoms with E-state index >= 15 is 0 Å². The van der Waals surface area contributed by atoms with Gasteiger partial charge in [-0.05, 0) is 117 Å². The maximum Gasteiger partial charge on any atom is 0.0594 e. The van der Waals surface area contributed by atoms with Crippen LogP contribution >= 0.6 is 0 Å². The Bertz CT molecular complexity index is 951. The van der Waals surface area contributed by atoms with E-state index in [0.29, 0.717) is 24.7 Å². The zero-order valence-electron chi connectivity index (χ0n) is 25.8. The number of rotatable bonds is 4. The first-order valence-electron chi connectivity index (χ1n) is 15.3. The predicted octanol–water partition coefficient (Wildman–Crippen LogP) is 8.01. The number of aliphatic hydroxyl groups is 1. The Morgan fingerprint density at radius 3 is 2.67 bits per heavy atom. The molecule has 4 aliphatic rings. The van der Waals surface area contributed by atoms with Crippen molar-refractivity contribution in [1.82, 2.24) is 0 Å². The van der Waals surface area contributed by atoms with Crippen molar-refractivity contribution < 1.29 is 13.3 Å². The standard InChI is InChI=1S/C29H46O/c1-19(2)9-8-10-20(3)22-12-13-23-21-11-14-25-27(4,5)26(30)16-18-29(25,7)24(21)15-17-28(22,23)6/h9,13,20,22,25-26,30H,8,10-12,14-18H2,1-7H3/t20-,22-,25+,26+,28-,29-/m1/s1/i4D3,5D3. The van der Waals surface area contributed by atoms with Crippen molar-refractivity contribution in [2.24, 2.45) is 34.0 Å². The average Bonchev–Trinajstić information content (AvgIpc) is 3.09. The fraction of sp³-hybridized carbons (Fsp3) is 0.793. The third kappa shape index (κ3) is 3.30. The molecule has 0 bridgehead atoms. The van der Waals surface area contributed by atoms with Gasteiger partial charge in [-0.1, -0.05) is 57.8 Å². The van der Waals surface area contributed by atoms with Gasteiger partial charge < -0.3 is 5.11 Å². The Kier molecular flexibility index (Phi) is 4.05. The minimum absolute atomic E-state index is 0.131. The van der Waals surface area contributed by atoms with Gasteiger partial charge in [0.2, 0.25) is 0 Å². The van der Waals surface area contributed by atoms with Gasteiger partial charge >= 0.3 is 0 Å². The van der Waals surface area contributed by atoms with Gasteiger partial charge in [0.25, 0.3) is 0 Å². The van der Waals surface area contributed by atoms with E-state index in [0.717, 1.165) is 32.1 Å². The van der Waals surface area contributed by atoms with Crippen LogP contribution in [0.3, 0.4) is 0 Å². The van der Waals surface area contributed by atoms with Gasteiger partial charge in [-0.2, -0.15) is 0 Å². The normalized spacial score (nSPS) is 44.6. The first-order chi connectivity index (χ1) is 16.5. The van der Waals surface area contributed by atoms with Crippen LogP contribution in [-0.2, 0) is 0 Å². The lowest BCUT2D eigenvalue weighted by molar-refractivity contribution is -0.0905. The lowest BCUT2D eigenvalue weighted by Crippen LogP contribution is -2.53. The van der Waals surface area contributed by atoms with E-state index in [4.69, 9.17) is 8.22 Å². The molecule has 0 aromatic rings. The first-order valence-corrected chi connectivity index (χ1v) is 12.3. The third-order valence-electron chi connectivity index (χ3n) is 9.61. The highest BCUT2D eigenvalue weighted by molar-refractivity contribution is 5.49. The zero-order chi connectivity index (χ0) is 26.9. The van der Waals surface area contributed by atoms with E-state index in [1.807, 2.05) is 0 Å². The molecule has 0 amide bonds. The maximum atomic E-state index is 11.1. The van der Waals surface area contributed by atoms with Crippen molar-refractivity contribution in [3.05, 3.63) is 34.4 Å². The van der Waals surface area contributed by atoms with Gasteiger partial charge in [0, 0.05) is 8.22 Å². The van der Waals surface area contributed by atoms with Crippen molar-refractivity contribution in [1.29, 1.82) is 0 Å². The molecule has 1 fully saturated rings. The SMILES string of the molecule is [2H]C([2H])([2H])C1(C([2H])([2H])[2H])[C@@H](O)CC[C@]2(C)C3=C(CC[C@@H]12)C1=CC[C@H]([C@H](C)CCC=C(C)C)[C@@]1(C)CC3. The summed E-state index contributed by atoms with van der Waals surface area (Å²) in [6, 6.07) is 0. The highest BCUT2D eigenvalue weighted by Gasteiger charge is 2.57. The molecule has 168 valence electrons. The summed E-state index contributed by atoms with van der Waals surface area (Å²) < 4.78 is 50.3. The molecule has 1 heteroatoms. The molecule has 1 nitrogen and oxygen atoms in total. The smallest absolute Gasteiger partial charge is 0.0594 e. The van der Waals surface area contributed by atoms with Crippen LogP contribution in [0.5, 0.6) is 0 Å². The van der Waals surface area contributed by atoms with Crippen LogP contribution in [0.25, 0.3) is 0 Å². The molecule has 1 N–H and O–H groups in total. The second-order valence-corrected chi connectivity index (χ2v) is 11.6. The van der Waals surface area contributed by atoms with Gasteiger partial charge in [-0.15, -0.1) is 0 Å². The predicted molar refractivity (Wildman–Crippen MR) is 128 cm³/mol. The fourth-order valence-corrected chi connectivity index (χ4v) is 7.81. The molecule has 0 aromatic carbocycles. The van der Waals surface area contributed by atoms with Crippen LogP contribution in [0.4, 0.5) is 0 Å². The summed E-state index contributed by atoms with van der Waals surface area (Å²) in [5.74, 6) is 0.643. The second-order valence-electron chi connectivity index (χ2n) is 11.6. The molecule has 4 rings (SSSR count). The van der Waals surface area contributed by atoms with Crippen molar-refractivity contribution in [2.75, 3.05) is 0 Å². The van der Waals surface area contributed by atoms with Crippen LogP contribution < -0.4 is 0 Å². The van der Waals surface area contributed by atoms with Crippen LogP contribution in [0, 0.1) is 34.0 Å². The summed E-state index contributed by atoms with van der Waals surface area (Å²) >= 11 is 0. The summed E-state index contributed by atoms with van der Waals surface area (Å²) in [4.78, 5) is 0. The maximum absolute atomic E-state index is 11.1. The molecule has 0 unspecified atom stereocenters. The van der Waals surface area contributed by atoms with Crippen LogP contribution in [-0.4, -0.2) is 11.2 Å². The molecule has 4 aliphatic carbocycles. The van der Waals surface area contributed by atoms with Crippen molar-refractivity contribution in [3.63, 3.8) is 0 Å². The lowest BCUT2D eigenvalue weighted by Gasteiger charge is -2.59. The van der Waals surface area contributed by atoms with Crippen molar-refractivity contribution >= 4 is 0 Å². The van der Waals surface area contributed by atoms with Crippen molar-refractivity contribution in [3.8, 4) is 0 Å². The summed E-state index contributed by atoms with van der Waals surface area (Å²) in [6.45, 7) is 5.74. The van der Waals surface area contributed by atoms with Crippen molar-refractivity contribution in [2.45, 2.75) is 112 Å². The molecule has 6 atom stereocenters. The van der Waals surface area contributed by atoms with Crippen LogP contribution in [0.2, 0.25) is 0 Å². The van der Waals surface area contributed by atoms with E-state index in [1.165, 1.54) is 28.7 Å². The highest BCUT2D eigenvalue weighted by Crippen LogP contribution is 2.66. The molecule has 0 aliphatic heterocycles. The summed E-state index contributed by atoms with van der Waals surface area (Å²) in [6.07, 6.45) is 10.9. The van der Waals surface area contributed by atoms with Gasteiger partial charge in [0.1, 0.15) is 0 Å². The summed E-state index contributed by atoms with van der Waals surface area (Å²) in [5.41, 5.74) is 3.06. The Morgan fingerprint density at radius 1 is 1.20 bits per heavy atom. The summed E-state index contributed by atoms with van der Waals surface area (Å²) in [7, 11) is 0. The number of aliphatic hydroxyl groups excluding tert-OH is 1. The Labute approximate surface area is 194 Å². The molecule has 0 radical (unpaired) electrons. The fourth-order valence-electron chi connectivity index (χ4n) is 7.81. The molecule has 30 heavy (non-hydrogen) atoms. The number of hydrogen-bond donors (Lipinski definition) is 1. The van der Waals surface area contributed by atoms with E-state index in [2.05, 4.69) is 46.8 Å². The molecular formula is C29H46O. The molecule has 1 saturated carbocycles. The van der Waals surface area contributed by atoms with E-state index in [1.54, 1.807) is 0 Å². The van der Waals surface area contributed by atoms with Gasteiger partial charge in [-0.25, -0.2) is 0 Å². The second kappa shape index (κ2) is 7.65. The number of allylic oxidation sites excluding steroid dienone is 6. The Hall–Kier alpha value is -0.820. The molecular weight excluding hydrogens is 364 g/mol. The zero-order valence-corrected chi connectivity index (χ0v) is 19.8. The van der Waals surface area contributed by atoms with Crippen LogP contribution in [0.15, 0.2) is 34.4 Å². The largest absolute Gasteiger partial charge is 0.393 e. The average molecular weight is 417 g/mol. The van der Waals surface area contributed by atoms with Gasteiger partial charge in [0.15, 0.2) is 0 Å². The molecule has 0 saturated heterocycles. The molecule has 0 spiro atoms. The van der Waals surface area contributed by atoms with E-state index in [9.17, 15) is 5.11 Å².